The summed E-state index contributed by atoms with van der Waals surface area (Å²) in [5.74, 6) is 0.821. The molecule has 0 saturated heterocycles. The van der Waals surface area contributed by atoms with Crippen molar-refractivity contribution in [3.8, 4) is 0 Å². The lowest BCUT2D eigenvalue weighted by Gasteiger charge is -2.24. The summed E-state index contributed by atoms with van der Waals surface area (Å²) in [5, 5.41) is 11.0. The van der Waals surface area contributed by atoms with Gasteiger partial charge in [0.25, 0.3) is 5.69 Å². The van der Waals surface area contributed by atoms with Gasteiger partial charge in [-0.3, -0.25) is 10.1 Å². The molecule has 0 spiro atoms. The first kappa shape index (κ1) is 18.4. The van der Waals surface area contributed by atoms with E-state index in [0.717, 1.165) is 5.75 Å². The summed E-state index contributed by atoms with van der Waals surface area (Å²) in [4.78, 5) is 10.1. The summed E-state index contributed by atoms with van der Waals surface area (Å²) in [5.41, 5.74) is -0.415. The van der Waals surface area contributed by atoms with Gasteiger partial charge in [-0.25, -0.2) is 8.42 Å². The number of hydrogen-bond donors (Lipinski definition) is 0. The fourth-order valence-corrected chi connectivity index (χ4v) is 4.37. The lowest BCUT2D eigenvalue weighted by atomic mass is 10.3. The van der Waals surface area contributed by atoms with E-state index in [4.69, 9.17) is 0 Å². The molecule has 0 heterocycles. The number of rotatable bonds is 7. The third-order valence-corrected chi connectivity index (χ3v) is 6.27. The topological polar surface area (TPSA) is 80.5 Å². The smallest absolute Gasteiger partial charge is 0.258 e. The Bertz CT molecular complexity index is 622. The van der Waals surface area contributed by atoms with Crippen molar-refractivity contribution in [3.05, 3.63) is 32.8 Å². The van der Waals surface area contributed by atoms with Gasteiger partial charge < -0.3 is 0 Å². The zero-order valence-corrected chi connectivity index (χ0v) is 15.2. The minimum absolute atomic E-state index is 0.235. The average Bonchev–Trinajstić information content (AvgIpc) is 2.43. The van der Waals surface area contributed by atoms with Crippen molar-refractivity contribution in [3.63, 3.8) is 0 Å². The van der Waals surface area contributed by atoms with Crippen molar-refractivity contribution >= 4 is 43.4 Å². The van der Waals surface area contributed by atoms with Crippen molar-refractivity contribution < 1.29 is 13.3 Å². The largest absolute Gasteiger partial charge is 0.289 e. The fourth-order valence-electron chi connectivity index (χ4n) is 1.71. The van der Waals surface area contributed by atoms with Crippen LogP contribution in [0.25, 0.3) is 0 Å². The molecule has 0 aliphatic rings. The monoisotopic (exact) mass is 396 g/mol. The number of sulfonamides is 1. The summed E-state index contributed by atoms with van der Waals surface area (Å²) in [6.07, 6.45) is 2.62. The van der Waals surface area contributed by atoms with Crippen LogP contribution in [0.4, 0.5) is 5.69 Å². The third-order valence-electron chi connectivity index (χ3n) is 3.14. The third kappa shape index (κ3) is 4.41. The van der Waals surface area contributed by atoms with Gasteiger partial charge in [0.15, 0.2) is 4.90 Å². The second-order valence-corrected chi connectivity index (χ2v) is 8.39. The molecule has 21 heavy (non-hydrogen) atoms. The second-order valence-electron chi connectivity index (χ2n) is 4.52. The van der Waals surface area contributed by atoms with Gasteiger partial charge >= 0.3 is 0 Å². The van der Waals surface area contributed by atoms with Crippen molar-refractivity contribution in [2.75, 3.05) is 19.1 Å². The van der Waals surface area contributed by atoms with Crippen molar-refractivity contribution in [2.24, 2.45) is 0 Å². The van der Waals surface area contributed by atoms with Gasteiger partial charge in [-0.15, -0.1) is 0 Å². The van der Waals surface area contributed by atoms with Crippen LogP contribution in [0.3, 0.4) is 0 Å². The van der Waals surface area contributed by atoms with Gasteiger partial charge in [0.2, 0.25) is 10.0 Å². The molecule has 1 aromatic rings. The van der Waals surface area contributed by atoms with Gasteiger partial charge in [0.1, 0.15) is 0 Å². The molecule has 0 fully saturated rings. The molecule has 0 bridgehead atoms. The van der Waals surface area contributed by atoms with E-state index in [1.54, 1.807) is 18.7 Å². The van der Waals surface area contributed by atoms with Gasteiger partial charge in [0.05, 0.1) is 4.92 Å². The van der Waals surface area contributed by atoms with Crippen LogP contribution in [0.1, 0.15) is 13.3 Å². The maximum atomic E-state index is 12.6. The molecule has 0 aliphatic carbocycles. The molecule has 1 rings (SSSR count). The van der Waals surface area contributed by atoms with Gasteiger partial charge in [-0.05, 0) is 37.5 Å². The minimum Gasteiger partial charge on any atom is -0.258 e. The van der Waals surface area contributed by atoms with Crippen LogP contribution in [0.2, 0.25) is 0 Å². The van der Waals surface area contributed by atoms with Crippen LogP contribution in [-0.4, -0.2) is 42.7 Å². The van der Waals surface area contributed by atoms with Gasteiger partial charge in [-0.2, -0.15) is 16.1 Å². The number of nitro benzene ring substituents is 1. The van der Waals surface area contributed by atoms with E-state index in [1.807, 2.05) is 6.26 Å². The van der Waals surface area contributed by atoms with Crippen molar-refractivity contribution in [1.82, 2.24) is 4.31 Å². The molecule has 1 unspecified atom stereocenters. The summed E-state index contributed by atoms with van der Waals surface area (Å²) >= 11 is 4.78. The highest BCUT2D eigenvalue weighted by atomic mass is 79.9. The zero-order valence-electron chi connectivity index (χ0n) is 11.9. The molecular formula is C12H17BrN2O4S2. The number of nitro groups is 1. The van der Waals surface area contributed by atoms with Crippen LogP contribution >= 0.6 is 27.7 Å². The molecule has 0 saturated carbocycles. The number of thioether (sulfide) groups is 1. The van der Waals surface area contributed by atoms with E-state index in [2.05, 4.69) is 15.9 Å². The van der Waals surface area contributed by atoms with Crippen LogP contribution in [0.5, 0.6) is 0 Å². The van der Waals surface area contributed by atoms with E-state index < -0.39 is 20.6 Å². The number of nitrogens with zero attached hydrogens (tertiary/aromatic N) is 2. The number of hydrogen-bond acceptors (Lipinski definition) is 5. The Balaban J connectivity index is 3.24. The highest BCUT2D eigenvalue weighted by Crippen LogP contribution is 2.30. The normalized spacial score (nSPS) is 13.4. The molecule has 0 aliphatic heterocycles. The summed E-state index contributed by atoms with van der Waals surface area (Å²) in [7, 11) is -2.47. The Hall–Kier alpha value is -0.640. The van der Waals surface area contributed by atoms with E-state index in [1.165, 1.54) is 29.6 Å². The number of benzene rings is 1. The molecule has 1 aromatic carbocycles. The Labute approximate surface area is 137 Å². The van der Waals surface area contributed by atoms with E-state index in [9.17, 15) is 18.5 Å². The van der Waals surface area contributed by atoms with Gasteiger partial charge in [0, 0.05) is 23.6 Å². The Morgan fingerprint density at radius 1 is 1.48 bits per heavy atom. The van der Waals surface area contributed by atoms with E-state index >= 15 is 0 Å². The van der Waals surface area contributed by atoms with Crippen molar-refractivity contribution in [1.29, 1.82) is 0 Å². The molecule has 118 valence electrons. The van der Waals surface area contributed by atoms with Crippen LogP contribution in [0.15, 0.2) is 27.6 Å². The van der Waals surface area contributed by atoms with Crippen molar-refractivity contribution in [2.45, 2.75) is 24.3 Å². The lowest BCUT2D eigenvalue weighted by Crippen LogP contribution is -2.35. The van der Waals surface area contributed by atoms with Crippen LogP contribution in [-0.2, 0) is 10.0 Å². The molecule has 0 radical (unpaired) electrons. The first-order chi connectivity index (χ1) is 9.71. The molecule has 0 N–H and O–H groups in total. The highest BCUT2D eigenvalue weighted by Gasteiger charge is 2.32. The quantitative estimate of drug-likeness (QED) is 0.522. The molecule has 0 amide bonds. The van der Waals surface area contributed by atoms with E-state index in [0.29, 0.717) is 10.9 Å². The molecule has 1 atom stereocenters. The zero-order chi connectivity index (χ0) is 16.2. The molecule has 6 nitrogen and oxygen atoms in total. The highest BCUT2D eigenvalue weighted by molar-refractivity contribution is 9.10. The summed E-state index contributed by atoms with van der Waals surface area (Å²) in [6, 6.07) is 3.68. The lowest BCUT2D eigenvalue weighted by molar-refractivity contribution is -0.387. The SMILES string of the molecule is CSCCC(C)N(C)S(=O)(=O)c1cc(Br)ccc1[N+](=O)[O-]. The van der Waals surface area contributed by atoms with Crippen LogP contribution < -0.4 is 0 Å². The molecule has 0 aromatic heterocycles. The maximum Gasteiger partial charge on any atom is 0.289 e. The maximum absolute atomic E-state index is 12.6. The Morgan fingerprint density at radius 2 is 2.10 bits per heavy atom. The second kappa shape index (κ2) is 7.57. The molecule has 9 heteroatoms. The van der Waals surface area contributed by atoms with E-state index in [-0.39, 0.29) is 10.9 Å². The van der Waals surface area contributed by atoms with Gasteiger partial charge in [-0.1, -0.05) is 15.9 Å². The summed E-state index contributed by atoms with van der Waals surface area (Å²) in [6.45, 7) is 1.79. The molecular weight excluding hydrogens is 380 g/mol. The summed E-state index contributed by atoms with van der Waals surface area (Å²) < 4.78 is 26.9. The standard InChI is InChI=1S/C12H17BrN2O4S2/c1-9(6-7-20-3)14(2)21(18,19)12-8-10(13)4-5-11(12)15(16)17/h4-5,8-9H,6-7H2,1-3H3. The first-order valence-corrected chi connectivity index (χ1v) is 9.75. The van der Waals surface area contributed by atoms with Crippen LogP contribution in [0, 0.1) is 10.1 Å². The number of halogens is 1. The Morgan fingerprint density at radius 3 is 2.62 bits per heavy atom. The first-order valence-electron chi connectivity index (χ1n) is 6.12. The average molecular weight is 397 g/mol. The predicted octanol–water partition coefficient (Wildman–Crippen LogP) is 3.12. The Kier molecular flexibility index (Phi) is 6.64. The predicted molar refractivity (Wildman–Crippen MR) is 88.2 cm³/mol. The minimum atomic E-state index is -3.91. The fraction of sp³-hybridized carbons (Fsp3) is 0.500.